The molecule has 0 radical (unpaired) electrons. The number of hydrogen-bond acceptors (Lipinski definition) is 2. The molecule has 1 rings (SSSR count). The molecule has 0 unspecified atom stereocenters. The van der Waals surface area contributed by atoms with E-state index in [4.69, 9.17) is 11.6 Å². The van der Waals surface area contributed by atoms with E-state index in [9.17, 15) is 18.3 Å². The molecular weight excluding hydrogens is 279 g/mol. The molecule has 0 saturated heterocycles. The number of aliphatic hydroxyl groups excluding tert-OH is 1. The first kappa shape index (κ1) is 16.1. The second-order valence-electron chi connectivity index (χ2n) is 4.42. The molecule has 6 heteroatoms. The molecule has 1 aromatic rings. The largest absolute Gasteiger partial charge is 0.405 e. The van der Waals surface area contributed by atoms with E-state index in [0.717, 1.165) is 0 Å². The van der Waals surface area contributed by atoms with E-state index in [1.54, 1.807) is 19.9 Å². The van der Waals surface area contributed by atoms with Crippen LogP contribution in [0.4, 0.5) is 18.9 Å². The number of hydrogen-bond donors (Lipinski definition) is 1. The summed E-state index contributed by atoms with van der Waals surface area (Å²) in [7, 11) is 0. The van der Waals surface area contributed by atoms with Gasteiger partial charge < -0.3 is 10.0 Å². The van der Waals surface area contributed by atoms with Crippen molar-refractivity contribution in [1.29, 1.82) is 0 Å². The predicted octanol–water partition coefficient (Wildman–Crippen LogP) is 4.17. The van der Waals surface area contributed by atoms with E-state index >= 15 is 0 Å². The van der Waals surface area contributed by atoms with Crippen molar-refractivity contribution in [2.24, 2.45) is 0 Å². The second-order valence-corrected chi connectivity index (χ2v) is 4.83. The van der Waals surface area contributed by atoms with Crippen LogP contribution in [-0.2, 0) is 0 Å². The van der Waals surface area contributed by atoms with Gasteiger partial charge in [-0.05, 0) is 31.0 Å². The van der Waals surface area contributed by atoms with E-state index in [0.29, 0.717) is 17.7 Å². The third kappa shape index (κ3) is 4.91. The smallest absolute Gasteiger partial charge is 0.389 e. The Morgan fingerprint density at radius 3 is 2.42 bits per heavy atom. The first-order valence-electron chi connectivity index (χ1n) is 6.03. The molecule has 0 amide bonds. The fraction of sp³-hybridized carbons (Fsp3) is 0.538. The third-order valence-corrected chi connectivity index (χ3v) is 2.96. The highest BCUT2D eigenvalue weighted by atomic mass is 35.5. The average Bonchev–Trinajstić information content (AvgIpc) is 2.26. The molecule has 0 aromatic heterocycles. The Morgan fingerprint density at radius 1 is 1.37 bits per heavy atom. The van der Waals surface area contributed by atoms with Gasteiger partial charge in [-0.25, -0.2) is 0 Å². The van der Waals surface area contributed by atoms with Crippen LogP contribution in [0.3, 0.4) is 0 Å². The molecule has 0 bridgehead atoms. The minimum absolute atomic E-state index is 0.219. The summed E-state index contributed by atoms with van der Waals surface area (Å²) in [6, 6.07) is 4.61. The lowest BCUT2D eigenvalue weighted by atomic mass is 10.1. The molecule has 0 heterocycles. The second kappa shape index (κ2) is 6.48. The highest BCUT2D eigenvalue weighted by molar-refractivity contribution is 6.33. The van der Waals surface area contributed by atoms with Crippen molar-refractivity contribution in [2.75, 3.05) is 18.0 Å². The molecule has 0 fully saturated rings. The van der Waals surface area contributed by atoms with Crippen molar-refractivity contribution in [1.82, 2.24) is 0 Å². The van der Waals surface area contributed by atoms with Crippen LogP contribution >= 0.6 is 11.6 Å². The fourth-order valence-corrected chi connectivity index (χ4v) is 2.12. The van der Waals surface area contributed by atoms with Gasteiger partial charge in [-0.3, -0.25) is 0 Å². The van der Waals surface area contributed by atoms with Crippen LogP contribution in [0.2, 0.25) is 5.02 Å². The van der Waals surface area contributed by atoms with Gasteiger partial charge in [0.15, 0.2) is 0 Å². The van der Waals surface area contributed by atoms with Crippen molar-refractivity contribution >= 4 is 17.3 Å². The number of nitrogens with zero attached hydrogens (tertiary/aromatic N) is 1. The van der Waals surface area contributed by atoms with Crippen LogP contribution in [0.1, 0.15) is 31.9 Å². The number of halogens is 4. The lowest BCUT2D eigenvalue weighted by Gasteiger charge is -2.26. The van der Waals surface area contributed by atoms with Gasteiger partial charge in [0.05, 0.1) is 16.8 Å². The van der Waals surface area contributed by atoms with Crippen molar-refractivity contribution in [3.8, 4) is 0 Å². The molecule has 1 N–H and O–H groups in total. The molecule has 108 valence electrons. The molecule has 1 atom stereocenters. The molecule has 0 saturated carbocycles. The summed E-state index contributed by atoms with van der Waals surface area (Å²) in [6.45, 7) is 2.62. The SMILES string of the molecule is CCCN(CC(F)(F)F)c1ccc([C@H](C)O)cc1Cl. The standard InChI is InChI=1S/C13H17ClF3NO/c1-3-6-18(8-13(15,16)17)12-5-4-10(9(2)19)7-11(12)14/h4-5,7,9,19H,3,6,8H2,1-2H3/t9-/m0/s1. The van der Waals surface area contributed by atoms with Gasteiger partial charge in [0.2, 0.25) is 0 Å². The Labute approximate surface area is 115 Å². The van der Waals surface area contributed by atoms with E-state index in [-0.39, 0.29) is 11.6 Å². The molecule has 0 aliphatic carbocycles. The molecule has 1 aromatic carbocycles. The highest BCUT2D eigenvalue weighted by Gasteiger charge is 2.31. The molecular formula is C13H17ClF3NO. The summed E-state index contributed by atoms with van der Waals surface area (Å²) in [5.74, 6) is 0. The Kier molecular flexibility index (Phi) is 5.50. The first-order chi connectivity index (χ1) is 8.74. The zero-order chi connectivity index (χ0) is 14.6. The lowest BCUT2D eigenvalue weighted by molar-refractivity contribution is -0.119. The van der Waals surface area contributed by atoms with Gasteiger partial charge in [0, 0.05) is 6.54 Å². The van der Waals surface area contributed by atoms with Crippen molar-refractivity contribution in [2.45, 2.75) is 32.5 Å². The molecule has 0 spiro atoms. The van der Waals surface area contributed by atoms with Crippen LogP contribution in [0.5, 0.6) is 0 Å². The monoisotopic (exact) mass is 295 g/mol. The van der Waals surface area contributed by atoms with Crippen LogP contribution < -0.4 is 4.90 Å². The highest BCUT2D eigenvalue weighted by Crippen LogP contribution is 2.31. The van der Waals surface area contributed by atoms with Gasteiger partial charge >= 0.3 is 6.18 Å². The number of aliphatic hydroxyl groups is 1. The summed E-state index contributed by atoms with van der Waals surface area (Å²) in [6.07, 6.45) is -4.39. The van der Waals surface area contributed by atoms with E-state index in [1.807, 2.05) is 0 Å². The van der Waals surface area contributed by atoms with Gasteiger partial charge in [0.1, 0.15) is 6.54 Å². The Hall–Kier alpha value is -0.940. The summed E-state index contributed by atoms with van der Waals surface area (Å²) in [5, 5.41) is 9.63. The maximum absolute atomic E-state index is 12.5. The van der Waals surface area contributed by atoms with Crippen molar-refractivity contribution in [3.05, 3.63) is 28.8 Å². The lowest BCUT2D eigenvalue weighted by Crippen LogP contribution is -2.35. The van der Waals surface area contributed by atoms with Gasteiger partial charge in [-0.15, -0.1) is 0 Å². The topological polar surface area (TPSA) is 23.5 Å². The fourth-order valence-electron chi connectivity index (χ4n) is 1.81. The number of rotatable bonds is 5. The van der Waals surface area contributed by atoms with Crippen LogP contribution in [0.25, 0.3) is 0 Å². The summed E-state index contributed by atoms with van der Waals surface area (Å²) in [5.41, 5.74) is 0.919. The summed E-state index contributed by atoms with van der Waals surface area (Å²) >= 11 is 6.01. The third-order valence-electron chi connectivity index (χ3n) is 2.66. The molecule has 2 nitrogen and oxygen atoms in total. The predicted molar refractivity (Wildman–Crippen MR) is 70.6 cm³/mol. The zero-order valence-corrected chi connectivity index (χ0v) is 11.6. The maximum atomic E-state index is 12.5. The van der Waals surface area contributed by atoms with E-state index < -0.39 is 18.8 Å². The zero-order valence-electron chi connectivity index (χ0n) is 10.8. The molecule has 0 aliphatic rings. The number of alkyl halides is 3. The van der Waals surface area contributed by atoms with E-state index in [1.165, 1.54) is 17.0 Å². The van der Waals surface area contributed by atoms with Crippen molar-refractivity contribution < 1.29 is 18.3 Å². The normalized spacial score (nSPS) is 13.4. The van der Waals surface area contributed by atoms with Gasteiger partial charge in [-0.2, -0.15) is 13.2 Å². The summed E-state index contributed by atoms with van der Waals surface area (Å²) in [4.78, 5) is 1.20. The minimum Gasteiger partial charge on any atom is -0.389 e. The van der Waals surface area contributed by atoms with Gasteiger partial charge in [0.25, 0.3) is 0 Å². The Balaban J connectivity index is 3.02. The van der Waals surface area contributed by atoms with Gasteiger partial charge in [-0.1, -0.05) is 24.6 Å². The number of benzene rings is 1. The number of anilines is 1. The Bertz CT molecular complexity index is 421. The molecule has 19 heavy (non-hydrogen) atoms. The van der Waals surface area contributed by atoms with Crippen LogP contribution in [0.15, 0.2) is 18.2 Å². The maximum Gasteiger partial charge on any atom is 0.405 e. The van der Waals surface area contributed by atoms with E-state index in [2.05, 4.69) is 0 Å². The van der Waals surface area contributed by atoms with Crippen LogP contribution in [-0.4, -0.2) is 24.4 Å². The average molecular weight is 296 g/mol. The molecule has 0 aliphatic heterocycles. The summed E-state index contributed by atoms with van der Waals surface area (Å²) < 4.78 is 37.6. The Morgan fingerprint density at radius 2 is 2.00 bits per heavy atom. The quantitative estimate of drug-likeness (QED) is 0.881. The first-order valence-corrected chi connectivity index (χ1v) is 6.41. The van der Waals surface area contributed by atoms with Crippen LogP contribution in [0, 0.1) is 0 Å². The minimum atomic E-state index is -4.28. The van der Waals surface area contributed by atoms with Crippen molar-refractivity contribution in [3.63, 3.8) is 0 Å².